The Hall–Kier alpha value is -5.66. The number of carbonyl (C=O) groups excluding carboxylic acids is 5. The van der Waals surface area contributed by atoms with Crippen LogP contribution in [0.25, 0.3) is 0 Å². The lowest BCUT2D eigenvalue weighted by Crippen LogP contribution is -2.54. The first kappa shape index (κ1) is 37.6. The number of fused-ring (bicyclic) bond motifs is 1. The van der Waals surface area contributed by atoms with Gasteiger partial charge in [0.05, 0.1) is 46.8 Å². The van der Waals surface area contributed by atoms with E-state index in [1.54, 1.807) is 24.4 Å². The third-order valence-corrected chi connectivity index (χ3v) is 10.6. The van der Waals surface area contributed by atoms with Crippen LogP contribution in [0.2, 0.25) is 5.02 Å². The van der Waals surface area contributed by atoms with Gasteiger partial charge in [-0.1, -0.05) is 11.6 Å². The predicted molar refractivity (Wildman–Crippen MR) is 194 cm³/mol. The zero-order valence-electron chi connectivity index (χ0n) is 29.8. The molecule has 15 nitrogen and oxygen atoms in total. The Kier molecular flexibility index (Phi) is 11.2. The van der Waals surface area contributed by atoms with Gasteiger partial charge in [-0.25, -0.2) is 14.4 Å². The molecule has 0 spiro atoms. The van der Waals surface area contributed by atoms with Gasteiger partial charge >= 0.3 is 0 Å². The molecule has 5 amide bonds. The van der Waals surface area contributed by atoms with Crippen LogP contribution in [-0.2, 0) is 9.59 Å². The molecule has 55 heavy (non-hydrogen) atoms. The molecule has 0 radical (unpaired) electrons. The van der Waals surface area contributed by atoms with Crippen LogP contribution in [0.1, 0.15) is 81.7 Å². The van der Waals surface area contributed by atoms with Crippen LogP contribution >= 0.6 is 11.6 Å². The van der Waals surface area contributed by atoms with Gasteiger partial charge < -0.3 is 19.7 Å². The minimum Gasteiger partial charge on any atom is -0.490 e. The molecule has 3 aliphatic heterocycles. The number of hydrogen-bond donors (Lipinski definition) is 2. The second-order valence-electron chi connectivity index (χ2n) is 13.9. The molecule has 1 atom stereocenters. The molecule has 17 heteroatoms. The number of aromatic nitrogens is 2. The van der Waals surface area contributed by atoms with Gasteiger partial charge in [-0.05, 0) is 62.8 Å². The van der Waals surface area contributed by atoms with E-state index in [1.807, 2.05) is 6.07 Å². The molecule has 0 bridgehead atoms. The molecule has 1 unspecified atom stereocenters. The van der Waals surface area contributed by atoms with Gasteiger partial charge in [-0.2, -0.15) is 5.26 Å². The number of rotatable bonds is 11. The normalized spacial score (nSPS) is 21.5. The van der Waals surface area contributed by atoms with Gasteiger partial charge in [0.2, 0.25) is 11.8 Å². The first-order chi connectivity index (χ1) is 26.6. The molecular weight excluding hydrogens is 735 g/mol. The number of benzene rings is 2. The second kappa shape index (κ2) is 16.4. The fraction of sp³-hybridized carbons (Fsp3) is 0.421. The first-order valence-corrected chi connectivity index (χ1v) is 18.6. The highest BCUT2D eigenvalue weighted by atomic mass is 35.5. The van der Waals surface area contributed by atoms with E-state index in [4.69, 9.17) is 26.3 Å². The summed E-state index contributed by atoms with van der Waals surface area (Å²) in [7, 11) is 0. The van der Waals surface area contributed by atoms with Crippen LogP contribution in [0, 0.1) is 17.1 Å². The highest BCUT2D eigenvalue weighted by molar-refractivity contribution is 6.31. The minimum atomic E-state index is -1.14. The average Bonchev–Trinajstić information content (AvgIpc) is 3.41. The molecule has 4 aliphatic rings. The van der Waals surface area contributed by atoms with Gasteiger partial charge in [-0.15, -0.1) is 0 Å². The van der Waals surface area contributed by atoms with Crippen molar-refractivity contribution in [3.05, 3.63) is 75.9 Å². The largest absolute Gasteiger partial charge is 0.490 e. The van der Waals surface area contributed by atoms with Crippen LogP contribution < -0.4 is 25.0 Å². The molecule has 2 saturated heterocycles. The van der Waals surface area contributed by atoms with Crippen LogP contribution in [-0.4, -0.2) is 107 Å². The maximum absolute atomic E-state index is 14.9. The summed E-state index contributed by atoms with van der Waals surface area (Å²) in [5.41, 5.74) is 0.456. The molecular formula is C38H38ClFN8O7. The van der Waals surface area contributed by atoms with Crippen molar-refractivity contribution in [2.75, 3.05) is 44.2 Å². The number of anilines is 1. The maximum Gasteiger partial charge on any atom is 0.271 e. The molecule has 2 N–H and O–H groups in total. The molecule has 1 aliphatic carbocycles. The third kappa shape index (κ3) is 8.37. The Morgan fingerprint density at radius 3 is 2.40 bits per heavy atom. The van der Waals surface area contributed by atoms with E-state index in [1.165, 1.54) is 12.3 Å². The van der Waals surface area contributed by atoms with Crippen LogP contribution in [0.15, 0.2) is 42.7 Å². The summed E-state index contributed by atoms with van der Waals surface area (Å²) in [4.78, 5) is 76.7. The molecule has 1 aromatic heterocycles. The fourth-order valence-electron chi connectivity index (χ4n) is 7.29. The van der Waals surface area contributed by atoms with E-state index >= 15 is 0 Å². The van der Waals surface area contributed by atoms with Crippen molar-refractivity contribution in [2.45, 2.75) is 63.1 Å². The Morgan fingerprint density at radius 2 is 1.73 bits per heavy atom. The zero-order chi connectivity index (χ0) is 38.6. The van der Waals surface area contributed by atoms with Crippen molar-refractivity contribution in [1.82, 2.24) is 30.4 Å². The number of halogens is 2. The molecule has 2 aromatic carbocycles. The van der Waals surface area contributed by atoms with Gasteiger partial charge in [-0.3, -0.25) is 39.1 Å². The van der Waals surface area contributed by atoms with Gasteiger partial charge in [0.1, 0.15) is 29.4 Å². The molecule has 1 saturated carbocycles. The lowest BCUT2D eigenvalue weighted by Gasteiger charge is -2.35. The van der Waals surface area contributed by atoms with Gasteiger partial charge in [0.15, 0.2) is 11.6 Å². The van der Waals surface area contributed by atoms with Crippen molar-refractivity contribution in [1.29, 1.82) is 5.26 Å². The van der Waals surface area contributed by atoms with E-state index in [9.17, 15) is 28.4 Å². The molecule has 4 heterocycles. The van der Waals surface area contributed by atoms with Gasteiger partial charge in [0.25, 0.3) is 17.7 Å². The Bertz CT molecular complexity index is 2050. The van der Waals surface area contributed by atoms with Crippen molar-refractivity contribution in [3.8, 4) is 17.6 Å². The number of hydrogen-bond acceptors (Lipinski definition) is 12. The molecule has 286 valence electrons. The first-order valence-electron chi connectivity index (χ1n) is 18.2. The summed E-state index contributed by atoms with van der Waals surface area (Å²) in [5, 5.41) is 14.6. The van der Waals surface area contributed by atoms with Crippen molar-refractivity contribution in [2.24, 2.45) is 0 Å². The number of nitrogens with one attached hydrogen (secondary N) is 2. The Morgan fingerprint density at radius 1 is 0.982 bits per heavy atom. The molecule has 3 aromatic rings. The van der Waals surface area contributed by atoms with E-state index in [0.29, 0.717) is 48.2 Å². The minimum absolute atomic E-state index is 0.00279. The lowest BCUT2D eigenvalue weighted by atomic mass is 9.93. The monoisotopic (exact) mass is 772 g/mol. The van der Waals surface area contributed by atoms with Crippen molar-refractivity contribution in [3.63, 3.8) is 0 Å². The topological polar surface area (TPSA) is 187 Å². The van der Waals surface area contributed by atoms with Crippen molar-refractivity contribution < 1.29 is 37.8 Å². The quantitative estimate of drug-likeness (QED) is 0.214. The number of nitriles is 1. The highest BCUT2D eigenvalue weighted by Gasteiger charge is 2.45. The average molecular weight is 773 g/mol. The number of piperidine rings is 1. The summed E-state index contributed by atoms with van der Waals surface area (Å²) in [6, 6.07) is 8.08. The second-order valence-corrected chi connectivity index (χ2v) is 14.3. The zero-order valence-corrected chi connectivity index (χ0v) is 30.5. The number of carbonyl (C=O) groups is 5. The molecule has 7 rings (SSSR count). The highest BCUT2D eigenvalue weighted by Crippen LogP contribution is 2.32. The Balaban J connectivity index is 0.815. The third-order valence-electron chi connectivity index (χ3n) is 10.3. The van der Waals surface area contributed by atoms with Crippen LogP contribution in [0.3, 0.4) is 0 Å². The fourth-order valence-corrected chi connectivity index (χ4v) is 7.50. The van der Waals surface area contributed by atoms with Crippen LogP contribution in [0.4, 0.5) is 10.2 Å². The van der Waals surface area contributed by atoms with Crippen LogP contribution in [0.5, 0.6) is 11.5 Å². The summed E-state index contributed by atoms with van der Waals surface area (Å²) >= 11 is 6.12. The summed E-state index contributed by atoms with van der Waals surface area (Å²) < 4.78 is 26.6. The van der Waals surface area contributed by atoms with Crippen molar-refractivity contribution >= 4 is 47.0 Å². The van der Waals surface area contributed by atoms with Gasteiger partial charge in [0, 0.05) is 51.3 Å². The maximum atomic E-state index is 14.9. The SMILES string of the molecule is N#Cc1ccc(OC2CCC(NC(=O)c3cnc(N4CCN(CCCOc5cc6c(cc5F)C(=O)N(C5CCC(=O)NC5=O)C6=O)CC4)cn3)CC2)cc1Cl. The van der Waals surface area contributed by atoms with E-state index in [-0.39, 0.29) is 60.1 Å². The van der Waals surface area contributed by atoms with E-state index < -0.39 is 35.5 Å². The predicted octanol–water partition coefficient (Wildman–Crippen LogP) is 3.25. The number of piperazine rings is 1. The number of imide groups is 2. The van der Waals surface area contributed by atoms with E-state index in [2.05, 4.69) is 30.4 Å². The summed E-state index contributed by atoms with van der Waals surface area (Å²) in [5.74, 6) is -2.64. The number of nitrogens with zero attached hydrogens (tertiary/aromatic N) is 6. The summed E-state index contributed by atoms with van der Waals surface area (Å²) in [6.45, 7) is 3.74. The number of ether oxygens (including phenoxy) is 2. The lowest BCUT2D eigenvalue weighted by molar-refractivity contribution is -0.136. The van der Waals surface area contributed by atoms with E-state index in [0.717, 1.165) is 49.7 Å². The molecule has 3 fully saturated rings. The smallest absolute Gasteiger partial charge is 0.271 e. The summed E-state index contributed by atoms with van der Waals surface area (Å²) in [6.07, 6.45) is 6.71. The number of amides is 5. The standard InChI is InChI=1S/C38H38ClFN8O7/c39-28-16-25(5-2-22(28)19-41)55-24-6-3-23(4-7-24)44-35(50)30-20-43-33(21-42-30)47-13-11-46(12-14-47)10-1-15-54-32-18-27-26(17-29(32)40)37(52)48(38(27)53)31-8-9-34(49)45-36(31)51/h2,5,16-18,20-21,23-24,31H,1,3-4,6-15H2,(H,44,50)(H,45,49,51). The Labute approximate surface area is 320 Å².